The van der Waals surface area contributed by atoms with Gasteiger partial charge in [0.25, 0.3) is 0 Å². The van der Waals surface area contributed by atoms with Gasteiger partial charge in [0.1, 0.15) is 41.0 Å². The highest BCUT2D eigenvalue weighted by atomic mass is 79.9. The van der Waals surface area contributed by atoms with Gasteiger partial charge >= 0.3 is 11.9 Å². The van der Waals surface area contributed by atoms with Gasteiger partial charge in [0, 0.05) is 5.56 Å². The highest BCUT2D eigenvalue weighted by Gasteiger charge is 2.45. The van der Waals surface area contributed by atoms with Gasteiger partial charge in [-0.3, -0.25) is 4.79 Å². The second-order valence-electron chi connectivity index (χ2n) is 16.3. The molecule has 0 amide bonds. The van der Waals surface area contributed by atoms with Gasteiger partial charge in [-0.2, -0.15) is 0 Å². The molecule has 0 fully saturated rings. The summed E-state index contributed by atoms with van der Waals surface area (Å²) in [5, 5.41) is 22.1. The smallest absolute Gasteiger partial charge is 0.335 e. The standard InChI is InChI=1S/C26H21O2P.C21H24O3.C13H18O2.BrH/c27-26(28)22-18-16-21(17-19-22)20-29(23-10-4-1-5-11-23,24-12-6-2-7-13-24)25-14-8-3-9-15-25;1-2-3-4-5-16-24-20-14-10-18(11-15-20)7-6-17-8-12-19(13-9-17)21(22)23;1-2-3-4-5-10-15-13-8-6-12(11-14)7-9-13;/h1-19H,20H2;6-15H,2-5,16H2,1H3,(H,22,23);6-9,11H,2-5,10H2,1H3;1H/b;7-6-;;. The summed E-state index contributed by atoms with van der Waals surface area (Å²) < 4.78 is 11.3. The zero-order valence-electron chi connectivity index (χ0n) is 39.7. The Kier molecular flexibility index (Phi) is 24.5. The second-order valence-corrected chi connectivity index (χ2v) is 19.8. The van der Waals surface area contributed by atoms with E-state index in [1.165, 1.54) is 54.4 Å². The topological polar surface area (TPSA) is 110 Å². The van der Waals surface area contributed by atoms with Crippen LogP contribution in [0.1, 0.15) is 113 Å². The molecule has 0 aliphatic rings. The number of aromatic carboxylic acids is 2. The molecule has 0 aliphatic carbocycles. The Bertz CT molecular complexity index is 2450. The SMILES string of the molecule is CCCCCCOc1ccc(/C=C\c2ccc(C(=O)O)cc2)cc1.CCCCCCOc1ccc(C=O)cc1.O=C(O)c1ccc(C[P+](c2ccccc2)(c2ccccc2)c2ccccc2)cc1.[Br-]. The molecule has 2 N–H and O–H groups in total. The number of hydrogen-bond acceptors (Lipinski definition) is 5. The monoisotopic (exact) mass is 1010 g/mol. The van der Waals surface area contributed by atoms with E-state index in [1.807, 2.05) is 60.7 Å². The molecular weight excluding hydrogens is 944 g/mol. The molecule has 7 nitrogen and oxygen atoms in total. The molecule has 0 radical (unpaired) electrons. The Morgan fingerprint density at radius 1 is 0.449 bits per heavy atom. The lowest BCUT2D eigenvalue weighted by molar-refractivity contribution is -0.0000504. The number of carbonyl (C=O) groups excluding carboxylic acids is 1. The number of rotatable bonds is 22. The predicted octanol–water partition coefficient (Wildman–Crippen LogP) is 10.9. The van der Waals surface area contributed by atoms with Gasteiger partial charge in [-0.05, 0) is 127 Å². The lowest BCUT2D eigenvalue weighted by atomic mass is 10.1. The largest absolute Gasteiger partial charge is 1.00 e. The molecule has 69 heavy (non-hydrogen) atoms. The minimum absolute atomic E-state index is 0. The summed E-state index contributed by atoms with van der Waals surface area (Å²) in [6.07, 6.45) is 15.3. The Morgan fingerprint density at radius 3 is 1.14 bits per heavy atom. The molecule has 0 bridgehead atoms. The van der Waals surface area contributed by atoms with Gasteiger partial charge in [-0.1, -0.05) is 156 Å². The van der Waals surface area contributed by atoms with Crippen molar-refractivity contribution in [2.75, 3.05) is 13.2 Å². The lowest BCUT2D eigenvalue weighted by Crippen LogP contribution is -3.00. The van der Waals surface area contributed by atoms with E-state index in [4.69, 9.17) is 14.6 Å². The van der Waals surface area contributed by atoms with Crippen LogP contribution in [-0.2, 0) is 6.16 Å². The molecule has 0 saturated carbocycles. The average Bonchev–Trinajstić information content (AvgIpc) is 3.39. The van der Waals surface area contributed by atoms with Crippen molar-refractivity contribution in [2.45, 2.75) is 71.4 Å². The quantitative estimate of drug-likeness (QED) is 0.0301. The van der Waals surface area contributed by atoms with Crippen molar-refractivity contribution in [3.63, 3.8) is 0 Å². The average molecular weight is 1010 g/mol. The number of hydrogen-bond donors (Lipinski definition) is 2. The van der Waals surface area contributed by atoms with Crippen LogP contribution in [0, 0.1) is 0 Å². The second kappa shape index (κ2) is 30.7. The van der Waals surface area contributed by atoms with Crippen molar-refractivity contribution in [3.8, 4) is 11.5 Å². The first kappa shape index (κ1) is 55.0. The minimum atomic E-state index is -1.96. The van der Waals surface area contributed by atoms with E-state index in [0.29, 0.717) is 16.7 Å². The molecular formula is C60H64BrO7P. The minimum Gasteiger partial charge on any atom is -1.00 e. The van der Waals surface area contributed by atoms with Crippen LogP contribution < -0.4 is 42.4 Å². The predicted molar refractivity (Wildman–Crippen MR) is 282 cm³/mol. The number of unbranched alkanes of at least 4 members (excludes halogenated alkanes) is 6. The number of ether oxygens (including phenoxy) is 2. The lowest BCUT2D eigenvalue weighted by Gasteiger charge is -2.27. The van der Waals surface area contributed by atoms with Gasteiger partial charge in [-0.25, -0.2) is 9.59 Å². The van der Waals surface area contributed by atoms with E-state index in [1.54, 1.807) is 48.5 Å². The molecule has 0 unspecified atom stereocenters. The van der Waals surface area contributed by atoms with Gasteiger partial charge in [0.2, 0.25) is 0 Å². The first-order valence-corrected chi connectivity index (χ1v) is 25.5. The van der Waals surface area contributed by atoms with E-state index in [-0.39, 0.29) is 17.0 Å². The molecule has 7 aromatic carbocycles. The maximum absolute atomic E-state index is 11.3. The molecule has 0 atom stereocenters. The summed E-state index contributed by atoms with van der Waals surface area (Å²) in [4.78, 5) is 32.5. The van der Waals surface area contributed by atoms with E-state index in [9.17, 15) is 19.5 Å². The van der Waals surface area contributed by atoms with Gasteiger partial charge in [-0.15, -0.1) is 0 Å². The molecule has 0 spiro atoms. The zero-order chi connectivity index (χ0) is 48.2. The van der Waals surface area contributed by atoms with Gasteiger partial charge in [0.05, 0.1) is 30.5 Å². The van der Waals surface area contributed by atoms with E-state index in [2.05, 4.69) is 105 Å². The third-order valence-electron chi connectivity index (χ3n) is 11.3. The first-order chi connectivity index (χ1) is 33.2. The molecule has 7 rings (SSSR count). The van der Waals surface area contributed by atoms with Crippen LogP contribution in [0.5, 0.6) is 11.5 Å². The molecule has 0 aromatic heterocycles. The van der Waals surface area contributed by atoms with Crippen molar-refractivity contribution in [1.29, 1.82) is 0 Å². The third kappa shape index (κ3) is 18.1. The van der Waals surface area contributed by atoms with Crippen molar-refractivity contribution < 1.29 is 51.1 Å². The van der Waals surface area contributed by atoms with Crippen molar-refractivity contribution in [2.24, 2.45) is 0 Å². The van der Waals surface area contributed by atoms with Gasteiger partial charge in [0.15, 0.2) is 0 Å². The van der Waals surface area contributed by atoms with Crippen molar-refractivity contribution in [3.05, 3.63) is 221 Å². The molecule has 7 aromatic rings. The molecule has 0 saturated heterocycles. The summed E-state index contributed by atoms with van der Waals surface area (Å²) in [5.74, 6) is -0.0610. The van der Waals surface area contributed by atoms with Crippen LogP contribution in [0.4, 0.5) is 0 Å². The summed E-state index contributed by atoms with van der Waals surface area (Å²) in [7, 11) is -1.96. The fourth-order valence-electron chi connectivity index (χ4n) is 7.48. The van der Waals surface area contributed by atoms with Crippen LogP contribution in [0.25, 0.3) is 12.2 Å². The Labute approximate surface area is 420 Å². The summed E-state index contributed by atoms with van der Waals surface area (Å²) in [5.41, 5.74) is 4.49. The van der Waals surface area contributed by atoms with Crippen molar-refractivity contribution >= 4 is 53.6 Å². The number of carbonyl (C=O) groups is 3. The number of halogens is 1. The number of benzene rings is 7. The summed E-state index contributed by atoms with van der Waals surface area (Å²) >= 11 is 0. The van der Waals surface area contributed by atoms with Crippen LogP contribution in [0.2, 0.25) is 0 Å². The summed E-state index contributed by atoms with van der Waals surface area (Å²) in [6, 6.07) is 61.4. The van der Waals surface area contributed by atoms with Crippen molar-refractivity contribution in [1.82, 2.24) is 0 Å². The van der Waals surface area contributed by atoms with E-state index in [0.717, 1.165) is 66.7 Å². The van der Waals surface area contributed by atoms with E-state index < -0.39 is 19.2 Å². The Morgan fingerprint density at radius 2 is 0.797 bits per heavy atom. The molecule has 9 heteroatoms. The number of carboxylic acids is 2. The molecule has 0 heterocycles. The van der Waals surface area contributed by atoms with Crippen LogP contribution in [0.3, 0.4) is 0 Å². The zero-order valence-corrected chi connectivity index (χ0v) is 42.1. The Hall–Kier alpha value is -6.60. The highest BCUT2D eigenvalue weighted by Crippen LogP contribution is 2.58. The normalized spacial score (nSPS) is 10.6. The first-order valence-electron chi connectivity index (χ1n) is 23.5. The fraction of sp³-hybridized carbons (Fsp3) is 0.217. The van der Waals surface area contributed by atoms with Crippen LogP contribution in [0.15, 0.2) is 188 Å². The highest BCUT2D eigenvalue weighted by molar-refractivity contribution is 7.95. The maximum Gasteiger partial charge on any atom is 0.335 e. The Balaban J connectivity index is 0.000000235. The van der Waals surface area contributed by atoms with Crippen LogP contribution >= 0.6 is 7.26 Å². The number of carboxylic acid groups (broad SMARTS) is 2. The van der Waals surface area contributed by atoms with E-state index >= 15 is 0 Å². The number of aldehydes is 1. The van der Waals surface area contributed by atoms with Gasteiger partial charge < -0.3 is 36.7 Å². The van der Waals surface area contributed by atoms with Crippen LogP contribution in [-0.4, -0.2) is 41.7 Å². The fourth-order valence-corrected chi connectivity index (χ4v) is 11.7. The third-order valence-corrected chi connectivity index (χ3v) is 15.6. The maximum atomic E-state index is 11.3. The molecule has 358 valence electrons. The molecule has 0 aliphatic heterocycles. The summed E-state index contributed by atoms with van der Waals surface area (Å²) in [6.45, 7) is 5.93.